The molecule has 0 bridgehead atoms. The van der Waals surface area contributed by atoms with Gasteiger partial charge in [0, 0.05) is 19.1 Å². The van der Waals surface area contributed by atoms with Crippen molar-refractivity contribution in [2.75, 3.05) is 25.4 Å². The van der Waals surface area contributed by atoms with Crippen LogP contribution in [0.15, 0.2) is 16.7 Å². The Morgan fingerprint density at radius 2 is 2.26 bits per heavy atom. The third-order valence-corrected chi connectivity index (χ3v) is 5.36. The number of rotatable bonds is 4. The highest BCUT2D eigenvalue weighted by Gasteiger charge is 2.26. The molecule has 1 saturated heterocycles. The maximum absolute atomic E-state index is 12.6. The first-order valence-corrected chi connectivity index (χ1v) is 8.82. The molecule has 0 radical (unpaired) electrons. The number of hydrogen-bond acceptors (Lipinski definition) is 6. The van der Waals surface area contributed by atoms with E-state index in [2.05, 4.69) is 22.3 Å². The number of nitrogen functional groups attached to an aromatic ring is 1. The quantitative estimate of drug-likeness (QED) is 0.881. The highest BCUT2D eigenvalue weighted by atomic mass is 35.5. The fourth-order valence-electron chi connectivity index (χ4n) is 2.78. The van der Waals surface area contributed by atoms with Crippen LogP contribution in [0.3, 0.4) is 0 Å². The third-order valence-electron chi connectivity index (χ3n) is 4.12. The number of hydrogen-bond donors (Lipinski definition) is 2. The van der Waals surface area contributed by atoms with Crippen molar-refractivity contribution < 1.29 is 9.32 Å². The van der Waals surface area contributed by atoms with Crippen molar-refractivity contribution in [2.24, 2.45) is 0 Å². The zero-order chi connectivity index (χ0) is 16.4. The van der Waals surface area contributed by atoms with Gasteiger partial charge in [-0.15, -0.1) is 11.3 Å². The molecule has 3 heterocycles. The molecule has 0 saturated carbocycles. The third kappa shape index (κ3) is 3.52. The molecule has 1 aliphatic heterocycles. The highest BCUT2D eigenvalue weighted by Crippen LogP contribution is 2.34. The number of piperidine rings is 1. The Balaban J connectivity index is 1.74. The van der Waals surface area contributed by atoms with Crippen LogP contribution >= 0.6 is 22.9 Å². The molecule has 0 aromatic carbocycles. The summed E-state index contributed by atoms with van der Waals surface area (Å²) in [5.74, 6) is -0.203. The number of anilines is 1. The molecule has 2 aromatic heterocycles. The maximum Gasteiger partial charge on any atom is 0.259 e. The Morgan fingerprint density at radius 1 is 1.52 bits per heavy atom. The van der Waals surface area contributed by atoms with Crippen molar-refractivity contribution in [2.45, 2.75) is 25.8 Å². The van der Waals surface area contributed by atoms with E-state index in [4.69, 9.17) is 21.9 Å². The fourth-order valence-corrected chi connectivity index (χ4v) is 3.81. The smallest absolute Gasteiger partial charge is 0.259 e. The molecule has 0 spiro atoms. The van der Waals surface area contributed by atoms with E-state index in [1.165, 1.54) is 11.3 Å². The molecule has 8 heteroatoms. The van der Waals surface area contributed by atoms with E-state index in [0.717, 1.165) is 37.4 Å². The van der Waals surface area contributed by atoms with Gasteiger partial charge < -0.3 is 20.5 Å². The van der Waals surface area contributed by atoms with Crippen LogP contribution in [0.4, 0.5) is 5.88 Å². The second-order valence-corrected chi connectivity index (χ2v) is 7.27. The summed E-state index contributed by atoms with van der Waals surface area (Å²) < 4.78 is 5.65. The Kier molecular flexibility index (Phi) is 4.89. The number of nitrogens with one attached hydrogen (secondary N) is 1. The minimum Gasteiger partial charge on any atom is -0.367 e. The number of aromatic nitrogens is 1. The lowest BCUT2D eigenvalue weighted by Crippen LogP contribution is -2.44. The van der Waals surface area contributed by atoms with Gasteiger partial charge in [0.1, 0.15) is 11.3 Å². The van der Waals surface area contributed by atoms with Crippen molar-refractivity contribution in [3.8, 4) is 10.6 Å². The summed E-state index contributed by atoms with van der Waals surface area (Å²) in [7, 11) is 0. The summed E-state index contributed by atoms with van der Waals surface area (Å²) in [4.78, 5) is 15.7. The van der Waals surface area contributed by atoms with Gasteiger partial charge in [0.25, 0.3) is 5.91 Å². The molecular formula is C15H19ClN4O2S. The minimum atomic E-state index is -0.238. The van der Waals surface area contributed by atoms with Gasteiger partial charge >= 0.3 is 0 Å². The van der Waals surface area contributed by atoms with Gasteiger partial charge in [0.2, 0.25) is 5.88 Å². The maximum atomic E-state index is 12.6. The van der Waals surface area contributed by atoms with Gasteiger partial charge in [-0.25, -0.2) is 0 Å². The first kappa shape index (κ1) is 16.3. The average Bonchev–Trinajstić information content (AvgIpc) is 3.13. The summed E-state index contributed by atoms with van der Waals surface area (Å²) >= 11 is 7.29. The lowest BCUT2D eigenvalue weighted by atomic mass is 10.0. The van der Waals surface area contributed by atoms with Gasteiger partial charge in [-0.3, -0.25) is 4.79 Å². The number of nitrogens with two attached hydrogens (primary N) is 1. The molecule has 23 heavy (non-hydrogen) atoms. The van der Waals surface area contributed by atoms with Crippen molar-refractivity contribution in [3.63, 3.8) is 0 Å². The Hall–Kier alpha value is -1.57. The second-order valence-electron chi connectivity index (χ2n) is 5.56. The molecular weight excluding hydrogens is 336 g/mol. The topological polar surface area (TPSA) is 84.4 Å². The van der Waals surface area contributed by atoms with Gasteiger partial charge in [0.05, 0.1) is 9.21 Å². The van der Waals surface area contributed by atoms with Gasteiger partial charge in [0.15, 0.2) is 0 Å². The molecule has 3 rings (SSSR count). The minimum absolute atomic E-state index is 0.0352. The molecule has 0 atom stereocenters. The standard InChI is InChI=1S/C15H19ClN4O2S/c1-2-20-7-5-9(6-8-20)18-15(21)12-13(19-22-14(12)17)10-3-4-11(16)23-10/h3-4,9H,2,5-8,17H2,1H3,(H,18,21). The van der Waals surface area contributed by atoms with E-state index in [1.807, 2.05) is 0 Å². The van der Waals surface area contributed by atoms with Crippen LogP contribution in [-0.2, 0) is 0 Å². The summed E-state index contributed by atoms with van der Waals surface area (Å²) in [6.07, 6.45) is 1.87. The van der Waals surface area contributed by atoms with E-state index < -0.39 is 0 Å². The first-order chi connectivity index (χ1) is 11.1. The van der Waals surface area contributed by atoms with E-state index >= 15 is 0 Å². The molecule has 3 N–H and O–H groups in total. The fraction of sp³-hybridized carbons (Fsp3) is 0.467. The van der Waals surface area contributed by atoms with Crippen molar-refractivity contribution in [1.29, 1.82) is 0 Å². The molecule has 1 amide bonds. The Bertz CT molecular complexity index is 691. The van der Waals surface area contributed by atoms with Crippen LogP contribution in [0, 0.1) is 0 Å². The average molecular weight is 355 g/mol. The number of thiophene rings is 1. The number of likely N-dealkylation sites (tertiary alicyclic amines) is 1. The predicted octanol–water partition coefficient (Wildman–Crippen LogP) is 2.85. The lowest BCUT2D eigenvalue weighted by Gasteiger charge is -2.31. The molecule has 124 valence electrons. The van der Waals surface area contributed by atoms with Gasteiger partial charge in [-0.05, 0) is 31.5 Å². The van der Waals surface area contributed by atoms with Crippen LogP contribution < -0.4 is 11.1 Å². The number of nitrogens with zero attached hydrogens (tertiary/aromatic N) is 2. The van der Waals surface area contributed by atoms with Crippen LogP contribution in [0.2, 0.25) is 4.34 Å². The lowest BCUT2D eigenvalue weighted by molar-refractivity contribution is 0.0914. The zero-order valence-electron chi connectivity index (χ0n) is 12.8. The van der Waals surface area contributed by atoms with Crippen LogP contribution in [0.25, 0.3) is 10.6 Å². The monoisotopic (exact) mass is 354 g/mol. The highest BCUT2D eigenvalue weighted by molar-refractivity contribution is 7.19. The number of amides is 1. The van der Waals surface area contributed by atoms with Crippen molar-refractivity contribution >= 4 is 34.7 Å². The number of carbonyl (C=O) groups is 1. The zero-order valence-corrected chi connectivity index (χ0v) is 14.4. The summed E-state index contributed by atoms with van der Waals surface area (Å²) in [6, 6.07) is 3.72. The normalized spacial score (nSPS) is 16.6. The molecule has 1 aliphatic rings. The molecule has 1 fully saturated rings. The molecule has 0 aliphatic carbocycles. The molecule has 2 aromatic rings. The largest absolute Gasteiger partial charge is 0.367 e. The first-order valence-electron chi connectivity index (χ1n) is 7.62. The number of halogens is 1. The van der Waals surface area contributed by atoms with Crippen LogP contribution in [-0.4, -0.2) is 41.6 Å². The predicted molar refractivity (Wildman–Crippen MR) is 91.8 cm³/mol. The van der Waals surface area contributed by atoms with Crippen molar-refractivity contribution in [1.82, 2.24) is 15.4 Å². The van der Waals surface area contributed by atoms with Crippen LogP contribution in [0.1, 0.15) is 30.1 Å². The SMILES string of the molecule is CCN1CCC(NC(=O)c2c(-c3ccc(Cl)s3)noc2N)CC1. The summed E-state index contributed by atoms with van der Waals surface area (Å²) in [5.41, 5.74) is 6.55. The molecule has 6 nitrogen and oxygen atoms in total. The van der Waals surface area contributed by atoms with E-state index in [9.17, 15) is 4.79 Å². The molecule has 0 unspecified atom stereocenters. The Labute approximate surface area is 143 Å². The number of carbonyl (C=O) groups excluding carboxylic acids is 1. The van der Waals surface area contributed by atoms with Gasteiger partial charge in [-0.1, -0.05) is 23.7 Å². The van der Waals surface area contributed by atoms with E-state index in [0.29, 0.717) is 15.6 Å². The summed E-state index contributed by atoms with van der Waals surface area (Å²) in [5, 5.41) is 6.97. The summed E-state index contributed by atoms with van der Waals surface area (Å²) in [6.45, 7) is 5.18. The second kappa shape index (κ2) is 6.90. The van der Waals surface area contributed by atoms with E-state index in [1.54, 1.807) is 12.1 Å². The van der Waals surface area contributed by atoms with E-state index in [-0.39, 0.29) is 17.8 Å². The Morgan fingerprint density at radius 3 is 2.87 bits per heavy atom. The van der Waals surface area contributed by atoms with Gasteiger partial charge in [-0.2, -0.15) is 0 Å². The van der Waals surface area contributed by atoms with Crippen LogP contribution in [0.5, 0.6) is 0 Å². The van der Waals surface area contributed by atoms with Crippen molar-refractivity contribution in [3.05, 3.63) is 22.0 Å².